The first-order valence-electron chi connectivity index (χ1n) is 4.71. The summed E-state index contributed by atoms with van der Waals surface area (Å²) in [6, 6.07) is 0. The Bertz CT molecular complexity index is 210. The molecule has 92 valence electrons. The van der Waals surface area contributed by atoms with Gasteiger partial charge in [0.2, 0.25) is 5.91 Å². The van der Waals surface area contributed by atoms with Crippen LogP contribution in [0.25, 0.3) is 0 Å². The lowest BCUT2D eigenvalue weighted by Gasteiger charge is -2.44. The van der Waals surface area contributed by atoms with Crippen LogP contribution in [0.1, 0.15) is 20.8 Å². The molecule has 1 rings (SSSR count). The smallest absolute Gasteiger partial charge is 0.222 e. The highest BCUT2D eigenvalue weighted by molar-refractivity contribution is 8.21. The number of rotatable bonds is 2. The Hall–Kier alpha value is -0.300. The molecule has 0 aromatic rings. The van der Waals surface area contributed by atoms with Gasteiger partial charge in [-0.2, -0.15) is 0 Å². The summed E-state index contributed by atoms with van der Waals surface area (Å²) in [5, 5.41) is 0. The van der Waals surface area contributed by atoms with Crippen molar-refractivity contribution in [3.05, 3.63) is 0 Å². The molecule has 2 N–H and O–H groups in total. The van der Waals surface area contributed by atoms with Crippen LogP contribution in [0.3, 0.4) is 0 Å². The van der Waals surface area contributed by atoms with E-state index in [1.165, 1.54) is 6.26 Å². The number of carbonyl (C=O) groups excluding carboxylic acids is 1. The third-order valence-corrected chi connectivity index (χ3v) is 3.73. The molecule has 1 saturated heterocycles. The summed E-state index contributed by atoms with van der Waals surface area (Å²) >= 11 is 0. The highest BCUT2D eigenvalue weighted by Crippen LogP contribution is 2.38. The van der Waals surface area contributed by atoms with E-state index in [9.17, 15) is 13.9 Å². The van der Waals surface area contributed by atoms with Crippen LogP contribution >= 0.6 is 10.8 Å². The van der Waals surface area contributed by atoms with Gasteiger partial charge >= 0.3 is 0 Å². The molecule has 6 heteroatoms. The van der Waals surface area contributed by atoms with Crippen LogP contribution in [0.4, 0.5) is 0 Å². The van der Waals surface area contributed by atoms with Gasteiger partial charge in [0.1, 0.15) is 0 Å². The standard InChI is InChI=1S/C8H18N2O3S.CH4/c1-3-8(11)9-4-6-10(7-5-9)14(2,12)13;/h12-13H,3-7H2,1-2H3;1H4. The Morgan fingerprint density at radius 1 is 1.27 bits per heavy atom. The second-order valence-corrected chi connectivity index (χ2v) is 5.56. The molecule has 0 aromatic carbocycles. The molecule has 1 fully saturated rings. The average Bonchev–Trinajstić information content (AvgIpc) is 2.15. The molecule has 15 heavy (non-hydrogen) atoms. The largest absolute Gasteiger partial charge is 0.340 e. The Morgan fingerprint density at radius 2 is 1.73 bits per heavy atom. The SMILES string of the molecule is C.CCC(=O)N1CCN(S(C)(O)O)CC1. The molecule has 0 spiro atoms. The lowest BCUT2D eigenvalue weighted by atomic mass is 10.3. The quantitative estimate of drug-likeness (QED) is 0.764. The van der Waals surface area contributed by atoms with Crippen molar-refractivity contribution in [2.75, 3.05) is 32.4 Å². The molecule has 1 amide bonds. The van der Waals surface area contributed by atoms with Crippen molar-refractivity contribution in [2.24, 2.45) is 0 Å². The number of hydrogen-bond donors (Lipinski definition) is 2. The molecule has 1 aliphatic rings. The molecule has 0 aromatic heterocycles. The number of amides is 1. The zero-order valence-corrected chi connectivity index (χ0v) is 9.46. The maximum atomic E-state index is 11.3. The highest BCUT2D eigenvalue weighted by atomic mass is 32.3. The third-order valence-electron chi connectivity index (χ3n) is 2.38. The van der Waals surface area contributed by atoms with E-state index in [-0.39, 0.29) is 13.3 Å². The minimum absolute atomic E-state index is 0. The summed E-state index contributed by atoms with van der Waals surface area (Å²) in [7, 11) is -2.59. The summed E-state index contributed by atoms with van der Waals surface area (Å²) in [6.07, 6.45) is 1.94. The molecular weight excluding hydrogens is 216 g/mol. The Kier molecular flexibility index (Phi) is 5.58. The first-order valence-corrected chi connectivity index (χ1v) is 6.62. The summed E-state index contributed by atoms with van der Waals surface area (Å²) < 4.78 is 20.4. The first-order chi connectivity index (χ1) is 6.45. The van der Waals surface area contributed by atoms with Gasteiger partial charge in [-0.3, -0.25) is 13.9 Å². The van der Waals surface area contributed by atoms with Crippen molar-refractivity contribution in [1.29, 1.82) is 0 Å². The van der Waals surface area contributed by atoms with Crippen LogP contribution in [-0.4, -0.2) is 56.7 Å². The topological polar surface area (TPSA) is 64.0 Å². The van der Waals surface area contributed by atoms with E-state index in [2.05, 4.69) is 0 Å². The van der Waals surface area contributed by atoms with Gasteiger partial charge in [0.15, 0.2) is 0 Å². The van der Waals surface area contributed by atoms with E-state index in [1.807, 2.05) is 6.92 Å². The fourth-order valence-electron chi connectivity index (χ4n) is 1.51. The molecule has 0 bridgehead atoms. The molecule has 1 aliphatic heterocycles. The van der Waals surface area contributed by atoms with Crippen molar-refractivity contribution in [3.8, 4) is 0 Å². The van der Waals surface area contributed by atoms with Crippen molar-refractivity contribution < 1.29 is 13.9 Å². The van der Waals surface area contributed by atoms with Gasteiger partial charge < -0.3 is 4.90 Å². The fraction of sp³-hybridized carbons (Fsp3) is 0.889. The van der Waals surface area contributed by atoms with Gasteiger partial charge in [-0.1, -0.05) is 14.4 Å². The van der Waals surface area contributed by atoms with Crippen LogP contribution in [0.15, 0.2) is 0 Å². The monoisotopic (exact) mass is 238 g/mol. The van der Waals surface area contributed by atoms with Crippen molar-refractivity contribution in [1.82, 2.24) is 9.21 Å². The number of hydrogen-bond acceptors (Lipinski definition) is 4. The Labute approximate surface area is 93.5 Å². The first kappa shape index (κ1) is 14.7. The van der Waals surface area contributed by atoms with E-state index in [1.54, 1.807) is 9.21 Å². The lowest BCUT2D eigenvalue weighted by molar-refractivity contribution is -0.132. The molecule has 1 heterocycles. The second-order valence-electron chi connectivity index (χ2n) is 3.46. The van der Waals surface area contributed by atoms with Gasteiger partial charge in [0, 0.05) is 38.9 Å². The van der Waals surface area contributed by atoms with E-state index in [4.69, 9.17) is 0 Å². The van der Waals surface area contributed by atoms with Crippen LogP contribution in [0.2, 0.25) is 0 Å². The van der Waals surface area contributed by atoms with E-state index in [0.29, 0.717) is 32.6 Å². The van der Waals surface area contributed by atoms with E-state index < -0.39 is 10.8 Å². The number of piperazine rings is 1. The van der Waals surface area contributed by atoms with Crippen LogP contribution in [-0.2, 0) is 4.79 Å². The van der Waals surface area contributed by atoms with Gasteiger partial charge in [-0.05, 0) is 0 Å². The average molecular weight is 238 g/mol. The van der Waals surface area contributed by atoms with Gasteiger partial charge in [0.05, 0.1) is 0 Å². The Balaban J connectivity index is 0.00000196. The van der Waals surface area contributed by atoms with Crippen LogP contribution in [0.5, 0.6) is 0 Å². The van der Waals surface area contributed by atoms with Crippen molar-refractivity contribution in [3.63, 3.8) is 0 Å². The van der Waals surface area contributed by atoms with E-state index >= 15 is 0 Å². The Morgan fingerprint density at radius 3 is 2.07 bits per heavy atom. The number of nitrogens with zero attached hydrogens (tertiary/aromatic N) is 2. The summed E-state index contributed by atoms with van der Waals surface area (Å²) in [5.74, 6) is 0.136. The third kappa shape index (κ3) is 3.98. The van der Waals surface area contributed by atoms with Gasteiger partial charge in [-0.15, -0.1) is 10.8 Å². The highest BCUT2D eigenvalue weighted by Gasteiger charge is 2.25. The van der Waals surface area contributed by atoms with Crippen LogP contribution in [0, 0.1) is 0 Å². The normalized spacial score (nSPS) is 19.6. The van der Waals surface area contributed by atoms with Gasteiger partial charge in [-0.25, -0.2) is 4.31 Å². The predicted molar refractivity (Wildman–Crippen MR) is 63.9 cm³/mol. The summed E-state index contributed by atoms with van der Waals surface area (Å²) in [5.41, 5.74) is 0. The molecule has 0 atom stereocenters. The molecular formula is C9H22N2O3S. The molecule has 0 saturated carbocycles. The predicted octanol–water partition coefficient (Wildman–Crippen LogP) is 1.47. The van der Waals surface area contributed by atoms with E-state index in [0.717, 1.165) is 0 Å². The molecule has 0 unspecified atom stereocenters. The molecule has 0 aliphatic carbocycles. The zero-order valence-electron chi connectivity index (χ0n) is 8.64. The zero-order chi connectivity index (χ0) is 10.8. The van der Waals surface area contributed by atoms with Crippen molar-refractivity contribution in [2.45, 2.75) is 20.8 Å². The molecule has 0 radical (unpaired) electrons. The van der Waals surface area contributed by atoms with Crippen molar-refractivity contribution >= 4 is 16.7 Å². The fourth-order valence-corrected chi connectivity index (χ4v) is 2.36. The minimum Gasteiger partial charge on any atom is -0.340 e. The molecule has 5 nitrogen and oxygen atoms in total. The summed E-state index contributed by atoms with van der Waals surface area (Å²) in [6.45, 7) is 4.12. The lowest BCUT2D eigenvalue weighted by Crippen LogP contribution is -2.48. The minimum atomic E-state index is -2.59. The van der Waals surface area contributed by atoms with Gasteiger partial charge in [0.25, 0.3) is 0 Å². The van der Waals surface area contributed by atoms with Crippen LogP contribution < -0.4 is 0 Å². The number of carbonyl (C=O) groups is 1. The maximum Gasteiger partial charge on any atom is 0.222 e. The summed E-state index contributed by atoms with van der Waals surface area (Å²) in [4.78, 5) is 13.1. The second kappa shape index (κ2) is 5.69. The maximum absolute atomic E-state index is 11.3.